The number of hydrogen-bond donors (Lipinski definition) is 0. The molecule has 0 saturated carbocycles. The fraction of sp³-hybridized carbons (Fsp3) is 0.400. The van der Waals surface area contributed by atoms with E-state index in [0.717, 1.165) is 25.1 Å². The molecule has 2 rings (SSSR count). The summed E-state index contributed by atoms with van der Waals surface area (Å²) in [6.45, 7) is 1.87. The van der Waals surface area contributed by atoms with Gasteiger partial charge in [-0.05, 0) is 24.1 Å². The molecule has 1 amide bonds. The Morgan fingerprint density at radius 1 is 1.38 bits per heavy atom. The summed E-state index contributed by atoms with van der Waals surface area (Å²) >= 11 is 0. The molecule has 0 spiro atoms. The highest BCUT2D eigenvalue weighted by molar-refractivity contribution is 5.79. The van der Waals surface area contributed by atoms with Crippen LogP contribution in [0.1, 0.15) is 12.0 Å². The van der Waals surface area contributed by atoms with Gasteiger partial charge in [-0.1, -0.05) is 0 Å². The summed E-state index contributed by atoms with van der Waals surface area (Å²) in [4.78, 5) is 17.3. The van der Waals surface area contributed by atoms with Crippen LogP contribution < -0.4 is 0 Å². The molecule has 1 aromatic heterocycles. The van der Waals surface area contributed by atoms with E-state index in [1.54, 1.807) is 12.4 Å². The molecule has 0 aliphatic carbocycles. The Morgan fingerprint density at radius 2 is 2.08 bits per heavy atom. The van der Waals surface area contributed by atoms with Crippen LogP contribution in [0.15, 0.2) is 24.5 Å². The maximum Gasteiger partial charge on any atom is 0.226 e. The standard InChI is InChI=1S/C10H12N2O/c13-10(12-6-1-7-12)8-9-2-4-11-5-3-9/h2-5H,1,6-8H2. The van der Waals surface area contributed by atoms with Gasteiger partial charge in [0.05, 0.1) is 6.42 Å². The monoisotopic (exact) mass is 176 g/mol. The average Bonchev–Trinajstić information content (AvgIpc) is 2.02. The maximum absolute atomic E-state index is 11.5. The minimum atomic E-state index is 0.234. The summed E-state index contributed by atoms with van der Waals surface area (Å²) in [5.41, 5.74) is 1.05. The molecule has 3 nitrogen and oxygen atoms in total. The van der Waals surface area contributed by atoms with Gasteiger partial charge in [0.15, 0.2) is 0 Å². The molecule has 0 unspecified atom stereocenters. The molecule has 0 N–H and O–H groups in total. The van der Waals surface area contributed by atoms with Gasteiger partial charge in [0.2, 0.25) is 5.91 Å². The summed E-state index contributed by atoms with van der Waals surface area (Å²) in [5, 5.41) is 0. The van der Waals surface area contributed by atoms with Crippen molar-refractivity contribution < 1.29 is 4.79 Å². The van der Waals surface area contributed by atoms with E-state index in [1.165, 1.54) is 0 Å². The molecule has 13 heavy (non-hydrogen) atoms. The molecule has 1 aromatic rings. The smallest absolute Gasteiger partial charge is 0.226 e. The van der Waals surface area contributed by atoms with Crippen LogP contribution in [-0.2, 0) is 11.2 Å². The second kappa shape index (κ2) is 3.56. The van der Waals surface area contributed by atoms with Gasteiger partial charge >= 0.3 is 0 Å². The number of amides is 1. The molecule has 1 aliphatic heterocycles. The van der Waals surface area contributed by atoms with Crippen molar-refractivity contribution in [3.63, 3.8) is 0 Å². The molecule has 3 heteroatoms. The number of aromatic nitrogens is 1. The van der Waals surface area contributed by atoms with E-state index in [9.17, 15) is 4.79 Å². The van der Waals surface area contributed by atoms with Gasteiger partial charge in [0, 0.05) is 25.5 Å². The number of rotatable bonds is 2. The van der Waals surface area contributed by atoms with E-state index in [2.05, 4.69) is 4.98 Å². The van der Waals surface area contributed by atoms with Crippen molar-refractivity contribution in [2.45, 2.75) is 12.8 Å². The first-order valence-corrected chi connectivity index (χ1v) is 4.53. The second-order valence-corrected chi connectivity index (χ2v) is 3.27. The number of nitrogens with zero attached hydrogens (tertiary/aromatic N) is 2. The molecular formula is C10H12N2O. The lowest BCUT2D eigenvalue weighted by molar-refractivity contribution is -0.133. The van der Waals surface area contributed by atoms with Crippen LogP contribution in [0.5, 0.6) is 0 Å². The van der Waals surface area contributed by atoms with Crippen LogP contribution in [-0.4, -0.2) is 28.9 Å². The number of likely N-dealkylation sites (tertiary alicyclic amines) is 1. The summed E-state index contributed by atoms with van der Waals surface area (Å²) in [5.74, 6) is 0.234. The predicted molar refractivity (Wildman–Crippen MR) is 49.1 cm³/mol. The summed E-state index contributed by atoms with van der Waals surface area (Å²) in [6, 6.07) is 3.77. The highest BCUT2D eigenvalue weighted by Crippen LogP contribution is 2.09. The topological polar surface area (TPSA) is 33.2 Å². The van der Waals surface area contributed by atoms with Gasteiger partial charge in [0.25, 0.3) is 0 Å². The van der Waals surface area contributed by atoms with Crippen LogP contribution in [0.25, 0.3) is 0 Å². The summed E-state index contributed by atoms with van der Waals surface area (Å²) < 4.78 is 0. The zero-order chi connectivity index (χ0) is 9.10. The van der Waals surface area contributed by atoms with Gasteiger partial charge in [0.1, 0.15) is 0 Å². The Hall–Kier alpha value is -1.38. The Bertz CT molecular complexity index is 293. The molecule has 2 heterocycles. The largest absolute Gasteiger partial charge is 0.342 e. The lowest BCUT2D eigenvalue weighted by Gasteiger charge is -2.30. The summed E-state index contributed by atoms with van der Waals surface area (Å²) in [6.07, 6.45) is 5.11. The Morgan fingerprint density at radius 3 is 2.62 bits per heavy atom. The molecule has 0 aromatic carbocycles. The predicted octanol–water partition coefficient (Wildman–Crippen LogP) is 0.856. The number of carbonyl (C=O) groups is 1. The van der Waals surface area contributed by atoms with E-state index >= 15 is 0 Å². The van der Waals surface area contributed by atoms with Crippen molar-refractivity contribution in [1.82, 2.24) is 9.88 Å². The number of hydrogen-bond acceptors (Lipinski definition) is 2. The molecule has 1 saturated heterocycles. The third-order valence-electron chi connectivity index (χ3n) is 2.31. The van der Waals surface area contributed by atoms with E-state index in [4.69, 9.17) is 0 Å². The van der Waals surface area contributed by atoms with Crippen LogP contribution in [0, 0.1) is 0 Å². The molecule has 0 atom stereocenters. The van der Waals surface area contributed by atoms with E-state index in [-0.39, 0.29) is 5.91 Å². The molecule has 1 aliphatic rings. The lowest BCUT2D eigenvalue weighted by atomic mass is 10.1. The third kappa shape index (κ3) is 1.86. The highest BCUT2D eigenvalue weighted by Gasteiger charge is 2.19. The number of pyridine rings is 1. The zero-order valence-corrected chi connectivity index (χ0v) is 7.44. The maximum atomic E-state index is 11.5. The fourth-order valence-corrected chi connectivity index (χ4v) is 1.35. The van der Waals surface area contributed by atoms with Crippen molar-refractivity contribution in [2.24, 2.45) is 0 Å². The van der Waals surface area contributed by atoms with Crippen LogP contribution in [0.2, 0.25) is 0 Å². The molecule has 1 fully saturated rings. The van der Waals surface area contributed by atoms with Gasteiger partial charge in [-0.15, -0.1) is 0 Å². The Labute approximate surface area is 77.4 Å². The third-order valence-corrected chi connectivity index (χ3v) is 2.31. The highest BCUT2D eigenvalue weighted by atomic mass is 16.2. The first kappa shape index (κ1) is 8.23. The van der Waals surface area contributed by atoms with Crippen molar-refractivity contribution in [3.05, 3.63) is 30.1 Å². The molecular weight excluding hydrogens is 164 g/mol. The minimum Gasteiger partial charge on any atom is -0.342 e. The second-order valence-electron chi connectivity index (χ2n) is 3.27. The lowest BCUT2D eigenvalue weighted by Crippen LogP contribution is -2.42. The van der Waals surface area contributed by atoms with Crippen molar-refractivity contribution in [2.75, 3.05) is 13.1 Å². The fourth-order valence-electron chi connectivity index (χ4n) is 1.35. The molecule has 0 bridgehead atoms. The SMILES string of the molecule is O=C(Cc1ccncc1)N1CCC1. The van der Waals surface area contributed by atoms with Gasteiger partial charge < -0.3 is 4.90 Å². The van der Waals surface area contributed by atoms with Crippen molar-refractivity contribution in [1.29, 1.82) is 0 Å². The van der Waals surface area contributed by atoms with Gasteiger partial charge in [-0.2, -0.15) is 0 Å². The van der Waals surface area contributed by atoms with Crippen molar-refractivity contribution in [3.8, 4) is 0 Å². The first-order valence-electron chi connectivity index (χ1n) is 4.53. The van der Waals surface area contributed by atoms with Gasteiger partial charge in [-0.3, -0.25) is 9.78 Å². The first-order chi connectivity index (χ1) is 6.36. The van der Waals surface area contributed by atoms with E-state index in [1.807, 2.05) is 17.0 Å². The Kier molecular flexibility index (Phi) is 2.25. The quantitative estimate of drug-likeness (QED) is 0.669. The van der Waals surface area contributed by atoms with Crippen LogP contribution in [0.3, 0.4) is 0 Å². The summed E-state index contributed by atoms with van der Waals surface area (Å²) in [7, 11) is 0. The van der Waals surface area contributed by atoms with Crippen LogP contribution >= 0.6 is 0 Å². The minimum absolute atomic E-state index is 0.234. The molecule has 68 valence electrons. The van der Waals surface area contributed by atoms with Crippen LogP contribution in [0.4, 0.5) is 0 Å². The Balaban J connectivity index is 1.94. The molecule has 0 radical (unpaired) electrons. The van der Waals surface area contributed by atoms with E-state index in [0.29, 0.717) is 6.42 Å². The van der Waals surface area contributed by atoms with Crippen molar-refractivity contribution >= 4 is 5.91 Å². The number of carbonyl (C=O) groups excluding carboxylic acids is 1. The average molecular weight is 176 g/mol. The van der Waals surface area contributed by atoms with E-state index < -0.39 is 0 Å². The van der Waals surface area contributed by atoms with Gasteiger partial charge in [-0.25, -0.2) is 0 Å². The normalized spacial score (nSPS) is 15.2. The zero-order valence-electron chi connectivity index (χ0n) is 7.44.